The van der Waals surface area contributed by atoms with Crippen LogP contribution in [0.25, 0.3) is 0 Å². The first kappa shape index (κ1) is 22.0. The minimum atomic E-state index is -0.512. The highest BCUT2D eigenvalue weighted by molar-refractivity contribution is 6.30. The van der Waals surface area contributed by atoms with Crippen molar-refractivity contribution in [2.24, 2.45) is 0 Å². The number of hydrogen-bond donors (Lipinski definition) is 1. The van der Waals surface area contributed by atoms with Gasteiger partial charge in [-0.25, -0.2) is 0 Å². The summed E-state index contributed by atoms with van der Waals surface area (Å²) in [5.74, 6) is -0.0869. The highest BCUT2D eigenvalue weighted by atomic mass is 35.5. The summed E-state index contributed by atoms with van der Waals surface area (Å²) in [5.41, 5.74) is 0.361. The van der Waals surface area contributed by atoms with Crippen LogP contribution in [0.1, 0.15) is 77.3 Å². The summed E-state index contributed by atoms with van der Waals surface area (Å²) in [7, 11) is 0. The van der Waals surface area contributed by atoms with Crippen molar-refractivity contribution in [3.8, 4) is 5.75 Å². The van der Waals surface area contributed by atoms with Crippen molar-refractivity contribution >= 4 is 23.4 Å². The van der Waals surface area contributed by atoms with Crippen LogP contribution in [0.15, 0.2) is 35.4 Å². The number of nitrogens with one attached hydrogen (secondary N) is 1. The van der Waals surface area contributed by atoms with Gasteiger partial charge in [-0.15, -0.1) is 0 Å². The van der Waals surface area contributed by atoms with Crippen LogP contribution in [0, 0.1) is 0 Å². The van der Waals surface area contributed by atoms with E-state index in [2.05, 4.69) is 5.32 Å². The molecule has 2 aliphatic carbocycles. The molecule has 0 bridgehead atoms. The molecular formula is C25H28ClN3O4. The van der Waals surface area contributed by atoms with Gasteiger partial charge in [0.05, 0.1) is 6.54 Å². The summed E-state index contributed by atoms with van der Waals surface area (Å²) in [5, 5.41) is 3.58. The van der Waals surface area contributed by atoms with E-state index >= 15 is 0 Å². The second kappa shape index (κ2) is 9.21. The van der Waals surface area contributed by atoms with Crippen molar-refractivity contribution in [1.29, 1.82) is 0 Å². The van der Waals surface area contributed by atoms with Gasteiger partial charge >= 0.3 is 0 Å². The van der Waals surface area contributed by atoms with Crippen molar-refractivity contribution in [2.45, 2.75) is 63.6 Å². The first-order valence-corrected chi connectivity index (χ1v) is 12.1. The molecule has 5 rings (SSSR count). The fourth-order valence-electron chi connectivity index (χ4n) is 4.71. The Kier molecular flexibility index (Phi) is 6.15. The molecule has 0 radical (unpaired) electrons. The van der Waals surface area contributed by atoms with Gasteiger partial charge in [-0.05, 0) is 43.9 Å². The maximum absolute atomic E-state index is 13.5. The quantitative estimate of drug-likeness (QED) is 0.735. The molecule has 1 N–H and O–H groups in total. The highest BCUT2D eigenvalue weighted by Gasteiger charge is 2.30. The lowest BCUT2D eigenvalue weighted by molar-refractivity contribution is 0.0731. The number of fused-ring (bicyclic) bond motifs is 1. The van der Waals surface area contributed by atoms with Crippen LogP contribution in [0.2, 0.25) is 5.02 Å². The zero-order chi connectivity index (χ0) is 22.9. The van der Waals surface area contributed by atoms with E-state index in [1.807, 2.05) is 4.57 Å². The first-order chi connectivity index (χ1) is 16.0. The molecule has 7 nitrogen and oxygen atoms in total. The third-order valence-electron chi connectivity index (χ3n) is 6.72. The molecule has 2 saturated carbocycles. The molecule has 0 saturated heterocycles. The van der Waals surface area contributed by atoms with Crippen molar-refractivity contribution in [3.05, 3.63) is 62.5 Å². The highest BCUT2D eigenvalue weighted by Crippen LogP contribution is 2.35. The van der Waals surface area contributed by atoms with E-state index in [0.29, 0.717) is 23.9 Å². The number of benzene rings is 1. The van der Waals surface area contributed by atoms with E-state index < -0.39 is 11.3 Å². The lowest BCUT2D eigenvalue weighted by Crippen LogP contribution is -2.41. The van der Waals surface area contributed by atoms with E-state index in [0.717, 1.165) is 44.1 Å². The van der Waals surface area contributed by atoms with Gasteiger partial charge in [0, 0.05) is 41.6 Å². The fraction of sp³-hybridized carbons (Fsp3) is 0.480. The van der Waals surface area contributed by atoms with Gasteiger partial charge in [-0.2, -0.15) is 0 Å². The van der Waals surface area contributed by atoms with Gasteiger partial charge in [-0.1, -0.05) is 30.9 Å². The van der Waals surface area contributed by atoms with E-state index in [1.54, 1.807) is 35.5 Å². The van der Waals surface area contributed by atoms with E-state index in [1.165, 1.54) is 6.42 Å². The molecule has 33 heavy (non-hydrogen) atoms. The Morgan fingerprint density at radius 1 is 1.03 bits per heavy atom. The monoisotopic (exact) mass is 469 g/mol. The maximum Gasteiger partial charge on any atom is 0.259 e. The van der Waals surface area contributed by atoms with Crippen LogP contribution >= 0.6 is 11.6 Å². The van der Waals surface area contributed by atoms with Gasteiger partial charge in [0.25, 0.3) is 11.8 Å². The lowest BCUT2D eigenvalue weighted by atomic mass is 9.95. The molecular weight excluding hydrogens is 442 g/mol. The third kappa shape index (κ3) is 4.78. The second-order valence-corrected chi connectivity index (χ2v) is 9.67. The number of amides is 2. The average Bonchev–Trinajstić information content (AvgIpc) is 3.66. The van der Waals surface area contributed by atoms with Crippen molar-refractivity contribution in [1.82, 2.24) is 14.8 Å². The summed E-state index contributed by atoms with van der Waals surface area (Å²) < 4.78 is 7.63. The van der Waals surface area contributed by atoms with Crippen LogP contribution in [0.4, 0.5) is 0 Å². The summed E-state index contributed by atoms with van der Waals surface area (Å²) in [6.45, 7) is 0.946. The summed E-state index contributed by atoms with van der Waals surface area (Å²) in [6, 6.07) is 5.63. The van der Waals surface area contributed by atoms with E-state index in [9.17, 15) is 14.4 Å². The maximum atomic E-state index is 13.5. The molecule has 0 spiro atoms. The number of halogens is 1. The smallest absolute Gasteiger partial charge is 0.259 e. The number of aromatic nitrogens is 1. The van der Waals surface area contributed by atoms with Crippen molar-refractivity contribution in [3.63, 3.8) is 0 Å². The zero-order valence-electron chi connectivity index (χ0n) is 18.5. The molecule has 1 aromatic heterocycles. The van der Waals surface area contributed by atoms with Crippen LogP contribution in [0.3, 0.4) is 0 Å². The zero-order valence-corrected chi connectivity index (χ0v) is 19.3. The summed E-state index contributed by atoms with van der Waals surface area (Å²) >= 11 is 6.14. The minimum Gasteiger partial charge on any atom is -0.491 e. The Morgan fingerprint density at radius 3 is 2.55 bits per heavy atom. The number of ether oxygens (including phenoxy) is 1. The average molecular weight is 470 g/mol. The number of pyridine rings is 1. The van der Waals surface area contributed by atoms with Crippen molar-refractivity contribution in [2.75, 3.05) is 13.2 Å². The SMILES string of the molecule is O=C(NC1CCCCC1)c1cn(C2CC2)cc(C(=O)N2CCOc3ccc(Cl)cc3C2)c1=O. The van der Waals surface area contributed by atoms with Crippen molar-refractivity contribution < 1.29 is 14.3 Å². The molecule has 2 heterocycles. The van der Waals surface area contributed by atoms with Gasteiger partial charge < -0.3 is 19.5 Å². The molecule has 2 fully saturated rings. The van der Waals surface area contributed by atoms with Crippen LogP contribution < -0.4 is 15.5 Å². The number of nitrogens with zero attached hydrogens (tertiary/aromatic N) is 2. The predicted octanol–water partition coefficient (Wildman–Crippen LogP) is 3.93. The Morgan fingerprint density at radius 2 is 1.79 bits per heavy atom. The third-order valence-corrected chi connectivity index (χ3v) is 6.95. The molecule has 3 aliphatic rings. The number of carbonyl (C=O) groups is 2. The van der Waals surface area contributed by atoms with Gasteiger partial charge in [0.1, 0.15) is 23.5 Å². The normalized spacial score (nSPS) is 18.8. The molecule has 1 aromatic carbocycles. The topological polar surface area (TPSA) is 80.6 Å². The molecule has 0 unspecified atom stereocenters. The molecule has 174 valence electrons. The summed E-state index contributed by atoms with van der Waals surface area (Å²) in [4.78, 5) is 41.5. The van der Waals surface area contributed by atoms with E-state index in [4.69, 9.17) is 16.3 Å². The van der Waals surface area contributed by atoms with Gasteiger partial charge in [0.15, 0.2) is 0 Å². The van der Waals surface area contributed by atoms with Crippen LogP contribution in [0.5, 0.6) is 5.75 Å². The van der Waals surface area contributed by atoms with Crippen LogP contribution in [-0.2, 0) is 6.54 Å². The van der Waals surface area contributed by atoms with Crippen LogP contribution in [-0.4, -0.2) is 40.5 Å². The van der Waals surface area contributed by atoms with Gasteiger partial charge in [-0.3, -0.25) is 14.4 Å². The minimum absolute atomic E-state index is 0.0312. The predicted molar refractivity (Wildman–Crippen MR) is 125 cm³/mol. The fourth-order valence-corrected chi connectivity index (χ4v) is 4.91. The standard InChI is InChI=1S/C25H28ClN3O4/c26-17-6-9-22-16(12-17)13-28(10-11-33-22)25(32)21-15-29(19-7-8-19)14-20(23(21)30)24(31)27-18-4-2-1-3-5-18/h6,9,12,14-15,18-19H,1-5,7-8,10-11,13H2,(H,27,31). The Bertz CT molecular complexity index is 1130. The second-order valence-electron chi connectivity index (χ2n) is 9.23. The van der Waals surface area contributed by atoms with E-state index in [-0.39, 0.29) is 35.7 Å². The Labute approximate surface area is 197 Å². The first-order valence-electron chi connectivity index (χ1n) is 11.8. The Hall–Kier alpha value is -2.80. The molecule has 1 aliphatic heterocycles. The number of hydrogen-bond acceptors (Lipinski definition) is 4. The summed E-state index contributed by atoms with van der Waals surface area (Å²) in [6.07, 6.45) is 10.4. The molecule has 2 aromatic rings. The lowest BCUT2D eigenvalue weighted by Gasteiger charge is -2.23. The van der Waals surface area contributed by atoms with Gasteiger partial charge in [0.2, 0.25) is 5.43 Å². The largest absolute Gasteiger partial charge is 0.491 e. The molecule has 2 amide bonds. The molecule has 0 atom stereocenters. The number of rotatable bonds is 4. The molecule has 8 heteroatoms. The number of carbonyl (C=O) groups excluding carboxylic acids is 2. The Balaban J connectivity index is 1.45.